The molecule has 110 heavy (non-hydrogen) atoms. The molecule has 13 N–H and O–H groups in total. The number of carbonyl (C=O) groups excluding carboxylic acids is 8. The molecule has 7 aromatic rings. The summed E-state index contributed by atoms with van der Waals surface area (Å²) in [5, 5.41) is 23.4. The minimum Gasteiger partial charge on any atom is -0.384 e. The Morgan fingerprint density at radius 2 is 0.764 bits per heavy atom. The number of hydrogen-bond donors (Lipinski definition) is 11. The average Bonchev–Trinajstić information content (AvgIpc) is 1.57. The molecular weight excluding hydrogens is 1640 g/mol. The first-order valence-corrected chi connectivity index (χ1v) is 37.5. The van der Waals surface area contributed by atoms with Crippen LogP contribution in [0.3, 0.4) is 0 Å². The van der Waals surface area contributed by atoms with E-state index in [1.54, 1.807) is 26.8 Å². The van der Waals surface area contributed by atoms with E-state index in [1.165, 1.54) is 69.1 Å². The number of aromatic amines is 1. The van der Waals surface area contributed by atoms with Crippen LogP contribution in [0.15, 0.2) is 89.6 Å². The van der Waals surface area contributed by atoms with Crippen LogP contribution in [0, 0.1) is 39.4 Å². The van der Waals surface area contributed by atoms with Gasteiger partial charge in [-0.05, 0) is 122 Å². The quantitative estimate of drug-likeness (QED) is 0.0573. The molecule has 0 spiro atoms. The highest BCUT2D eigenvalue weighted by Crippen LogP contribution is 2.44. The molecule has 7 aromatic heterocycles. The van der Waals surface area contributed by atoms with Crippen LogP contribution in [-0.4, -0.2) is 95.7 Å². The Kier molecular flexibility index (Phi) is 25.7. The fraction of sp³-hybridized carbons (Fsp3) is 0.444. The summed E-state index contributed by atoms with van der Waals surface area (Å²) in [7, 11) is 0. The number of carbonyl (C=O) groups is 8. The molecule has 0 saturated heterocycles. The normalized spacial score (nSPS) is 18.5. The maximum Gasteiger partial charge on any atom is 0.276 e. The Balaban J connectivity index is 0.000000176. The number of primary amides is 1. The average molecular weight is 1730 g/mol. The van der Waals surface area contributed by atoms with Crippen molar-refractivity contribution < 1.29 is 38.4 Å². The van der Waals surface area contributed by atoms with Gasteiger partial charge in [-0.3, -0.25) is 71.2 Å². The molecule has 3 atom stereocenters. The van der Waals surface area contributed by atoms with Crippen molar-refractivity contribution in [3.63, 3.8) is 0 Å². The number of pyridine rings is 4. The molecular formula is C72H86Br2Cl4N20O12. The summed E-state index contributed by atoms with van der Waals surface area (Å²) in [5.74, 6) is 0.658. The molecule has 588 valence electrons. The molecule has 0 radical (unpaired) electrons. The van der Waals surface area contributed by atoms with Gasteiger partial charge in [0.2, 0.25) is 17.7 Å². The number of nitrogens with two attached hydrogens (primary N) is 2. The van der Waals surface area contributed by atoms with E-state index < -0.39 is 62.2 Å². The number of anilines is 8. The molecule has 7 amide bonds. The van der Waals surface area contributed by atoms with Crippen molar-refractivity contribution in [2.45, 2.75) is 166 Å². The van der Waals surface area contributed by atoms with Crippen LogP contribution in [0.2, 0.25) is 20.1 Å². The number of ketones is 1. The largest absolute Gasteiger partial charge is 0.384 e. The monoisotopic (exact) mass is 1720 g/mol. The molecule has 3 aliphatic heterocycles. The molecule has 0 aromatic carbocycles. The summed E-state index contributed by atoms with van der Waals surface area (Å²) in [6.45, 7) is 30.2. The maximum atomic E-state index is 13.3. The number of Topliss-reactive ketones (excluding diaryl/α,β-unsaturated/α-hetero) is 1. The van der Waals surface area contributed by atoms with Gasteiger partial charge < -0.3 is 59.0 Å². The molecule has 38 heteroatoms. The molecule has 13 rings (SSSR count). The first kappa shape index (κ1) is 86.1. The highest BCUT2D eigenvalue weighted by Gasteiger charge is 2.52. The number of hydrogen-bond acceptors (Lipinski definition) is 21. The summed E-state index contributed by atoms with van der Waals surface area (Å²) in [6.07, 6.45) is 9.40. The van der Waals surface area contributed by atoms with Crippen LogP contribution in [0.25, 0.3) is 0 Å². The molecule has 3 aliphatic carbocycles. The number of nitrogens with one attached hydrogen (secondary N) is 9. The van der Waals surface area contributed by atoms with Gasteiger partial charge in [-0.15, -0.1) is 0 Å². The number of amides is 7. The van der Waals surface area contributed by atoms with Gasteiger partial charge in [0.1, 0.15) is 111 Å². The van der Waals surface area contributed by atoms with Gasteiger partial charge in [-0.25, -0.2) is 29.9 Å². The second-order valence-electron chi connectivity index (χ2n) is 31.2. The number of rotatable bonds is 11. The smallest absolute Gasteiger partial charge is 0.276 e. The third kappa shape index (κ3) is 19.4. The molecule has 3 fully saturated rings. The minimum atomic E-state index is -0.965. The lowest BCUT2D eigenvalue weighted by atomic mass is 9.81. The number of fused-ring (bicyclic) bond motifs is 3. The van der Waals surface area contributed by atoms with Crippen LogP contribution in [0.4, 0.5) is 46.3 Å². The Morgan fingerprint density at radius 3 is 1.07 bits per heavy atom. The predicted molar refractivity (Wildman–Crippen MR) is 426 cm³/mol. The van der Waals surface area contributed by atoms with Crippen molar-refractivity contribution in [3.8, 4) is 0 Å². The molecule has 3 saturated carbocycles. The lowest BCUT2D eigenvalue weighted by Crippen LogP contribution is -2.54. The summed E-state index contributed by atoms with van der Waals surface area (Å²) in [5.41, 5.74) is 5.43. The van der Waals surface area contributed by atoms with Crippen LogP contribution in [0.5, 0.6) is 0 Å². The molecule has 3 unspecified atom stereocenters. The summed E-state index contributed by atoms with van der Waals surface area (Å²) in [6, 6.07) is 10.2. The second kappa shape index (κ2) is 32.8. The van der Waals surface area contributed by atoms with Crippen molar-refractivity contribution >= 4 is 172 Å². The van der Waals surface area contributed by atoms with Crippen molar-refractivity contribution in [1.29, 1.82) is 0 Å². The Morgan fingerprint density at radius 1 is 0.464 bits per heavy atom. The fourth-order valence-corrected chi connectivity index (χ4v) is 12.6. The lowest BCUT2D eigenvalue weighted by molar-refractivity contribution is -0.124. The van der Waals surface area contributed by atoms with E-state index in [9.17, 15) is 57.5 Å². The van der Waals surface area contributed by atoms with E-state index in [-0.39, 0.29) is 122 Å². The third-order valence-corrected chi connectivity index (χ3v) is 21.6. The van der Waals surface area contributed by atoms with E-state index in [4.69, 9.17) is 57.9 Å². The van der Waals surface area contributed by atoms with Crippen molar-refractivity contribution in [3.05, 3.63) is 155 Å². The van der Waals surface area contributed by atoms with Gasteiger partial charge in [-0.2, -0.15) is 0 Å². The van der Waals surface area contributed by atoms with Gasteiger partial charge in [0.15, 0.2) is 0 Å². The van der Waals surface area contributed by atoms with E-state index >= 15 is 0 Å². The lowest BCUT2D eigenvalue weighted by Gasteiger charge is -2.40. The minimum absolute atomic E-state index is 0.0260. The van der Waals surface area contributed by atoms with Crippen LogP contribution >= 0.6 is 78.3 Å². The van der Waals surface area contributed by atoms with Crippen LogP contribution < -0.4 is 76.2 Å². The number of aromatic nitrogens is 10. The fourth-order valence-electron chi connectivity index (χ4n) is 10.5. The second-order valence-corrected chi connectivity index (χ2v) is 34.6. The van der Waals surface area contributed by atoms with Crippen molar-refractivity contribution in [2.24, 2.45) is 45.1 Å². The van der Waals surface area contributed by atoms with Crippen molar-refractivity contribution in [1.82, 2.24) is 64.5 Å². The Labute approximate surface area is 668 Å². The van der Waals surface area contributed by atoms with Gasteiger partial charge in [0.25, 0.3) is 45.9 Å². The molecule has 10 heterocycles. The summed E-state index contributed by atoms with van der Waals surface area (Å²) >= 11 is 30.5. The first-order valence-electron chi connectivity index (χ1n) is 34.4. The topological polar surface area (TPSA) is 461 Å². The first-order chi connectivity index (χ1) is 50.8. The Hall–Kier alpha value is -9.48. The number of nitrogen functional groups attached to an aromatic ring is 1. The predicted octanol–water partition coefficient (Wildman–Crippen LogP) is 11.3. The zero-order chi connectivity index (χ0) is 82.2. The van der Waals surface area contributed by atoms with Crippen LogP contribution in [0.1, 0.15) is 191 Å². The van der Waals surface area contributed by atoms with E-state index in [1.807, 2.05) is 90.0 Å². The molecule has 6 aliphatic rings. The number of H-pyrrole nitrogens is 1. The number of halogens is 6. The summed E-state index contributed by atoms with van der Waals surface area (Å²) < 4.78 is 4.86. The van der Waals surface area contributed by atoms with Gasteiger partial charge in [-0.1, -0.05) is 129 Å². The zero-order valence-corrected chi connectivity index (χ0v) is 69.3. The maximum absolute atomic E-state index is 13.3. The third-order valence-electron chi connectivity index (χ3n) is 19.3. The van der Waals surface area contributed by atoms with E-state index in [0.29, 0.717) is 39.4 Å². The van der Waals surface area contributed by atoms with Crippen LogP contribution in [-0.2, 0) is 36.2 Å². The Bertz CT molecular complexity index is 4950. The van der Waals surface area contributed by atoms with Gasteiger partial charge in [0, 0.05) is 57.6 Å². The summed E-state index contributed by atoms with van der Waals surface area (Å²) in [4.78, 5) is 169. The van der Waals surface area contributed by atoms with E-state index in [0.717, 1.165) is 38.5 Å². The zero-order valence-electron chi connectivity index (χ0n) is 63.1. The van der Waals surface area contributed by atoms with Crippen molar-refractivity contribution in [2.75, 3.05) is 32.3 Å². The SMILES string of the molecule is CC(=O)C(C)(C)C.CC(C)(C)C1(C)NC(=O)c2c(Cl)cc(Br)c(=O)n21.CC(C)(C)C1(C)NC(=O)c2c(Cl)cc(Nc3cc(NC(=O)C4CC4)ncn3)c(=O)n21.CC(C)(C)C1(C)NC(=O)c2c(Cl)cc(Nc3cc(NC(=O)C4CC4)ncn3)c(=O)n21.NC(=O)c1[nH]c(=O)c(Br)cc1Cl.Nc1cc(NC(=O)C2CC2)ncn1. The van der Waals surface area contributed by atoms with E-state index in [2.05, 4.69) is 109 Å². The molecule has 32 nitrogen and oxygen atoms in total. The number of nitrogens with zero attached hydrogens (tertiary/aromatic N) is 9. The highest BCUT2D eigenvalue weighted by molar-refractivity contribution is 9.10. The highest BCUT2D eigenvalue weighted by atomic mass is 79.9. The van der Waals surface area contributed by atoms with Gasteiger partial charge >= 0.3 is 0 Å². The van der Waals surface area contributed by atoms with Gasteiger partial charge in [0.05, 0.1) is 29.0 Å². The molecule has 0 bridgehead atoms. The standard InChI is InChI=1S/2C20H23ClN6O3.C12H14BrClN2O2.C8H10N4O.C6H4BrClN2O2.C6H12O/c2*1-19(2,3)20(4)26-17(29)15-11(21)7-12(18(30)27(15)20)24-13-8-14(23-9-22-13)25-16(28)10-5-6-10;1-11(2,3)12(4)15-9(17)8-7(14)5-6(13)10(18)16(8)12;9-6-3-7(11-4-10-6)12-8(13)5-1-2-5;7-2-1-3(8)4(5(9)11)10-6(2)12;1-5(7)6(2,3)4/h2*7-10H,5-6H2,1-4H3,(H,26,29)(H2,22,23,24,25,28);5H,1-4H3,(H,15,17);3-5H,1-2H2,(H3,9,10,11,12,13);1H,(H2,9,11)(H,10,12);1-4H3.